The number of hydrogen-bond acceptors (Lipinski definition) is 5. The van der Waals surface area contributed by atoms with E-state index in [1.54, 1.807) is 0 Å². The fraction of sp³-hybridized carbons (Fsp3) is 0.409. The van der Waals surface area contributed by atoms with Crippen molar-refractivity contribution in [1.29, 1.82) is 0 Å². The van der Waals surface area contributed by atoms with Gasteiger partial charge in [0.1, 0.15) is 16.6 Å². The molecule has 0 bridgehead atoms. The number of ether oxygens (including phenoxy) is 2. The van der Waals surface area contributed by atoms with E-state index in [4.69, 9.17) is 21.1 Å². The van der Waals surface area contributed by atoms with Gasteiger partial charge in [-0.25, -0.2) is 22.9 Å². The number of methoxy groups -OCH3 is 1. The number of hydrogen-bond donors (Lipinski definition) is 2. The maximum atomic E-state index is 14.9. The topological polar surface area (TPSA) is 92.8 Å². The van der Waals surface area contributed by atoms with Gasteiger partial charge in [0.05, 0.1) is 30.6 Å². The van der Waals surface area contributed by atoms with E-state index in [2.05, 4.69) is 10.3 Å². The predicted octanol–water partition coefficient (Wildman–Crippen LogP) is 5.89. The summed E-state index contributed by atoms with van der Waals surface area (Å²) in [6.07, 6.45) is -8.87. The molecule has 1 atom stereocenters. The summed E-state index contributed by atoms with van der Waals surface area (Å²) in [5.41, 5.74) is -1.01. The quantitative estimate of drug-likeness (QED) is 0.376. The molecule has 3 amide bonds. The maximum absolute atomic E-state index is 14.9. The van der Waals surface area contributed by atoms with E-state index in [0.717, 1.165) is 0 Å². The number of alkyl halides is 5. The molecule has 0 spiro atoms. The molecule has 8 nitrogen and oxygen atoms in total. The summed E-state index contributed by atoms with van der Waals surface area (Å²) in [6, 6.07) is 0.0522. The van der Waals surface area contributed by atoms with Gasteiger partial charge >= 0.3 is 12.2 Å². The van der Waals surface area contributed by atoms with Crippen molar-refractivity contribution in [2.45, 2.75) is 39.5 Å². The molecule has 0 saturated heterocycles. The molecule has 0 saturated carbocycles. The number of anilines is 2. The molecule has 15 heteroatoms. The number of aryl methyl sites for hydroxylation is 1. The van der Waals surface area contributed by atoms with Crippen molar-refractivity contribution in [2.24, 2.45) is 0 Å². The minimum atomic E-state index is -4.86. The normalized spacial score (nSPS) is 12.2. The molecule has 1 heterocycles. The van der Waals surface area contributed by atoms with Crippen LogP contribution in [-0.4, -0.2) is 60.7 Å². The number of pyridine rings is 1. The largest absolute Gasteiger partial charge is 0.480 e. The Hall–Kier alpha value is -3.42. The van der Waals surface area contributed by atoms with Gasteiger partial charge in [-0.05, 0) is 32.4 Å². The van der Waals surface area contributed by atoms with Crippen molar-refractivity contribution in [2.75, 3.05) is 30.8 Å². The minimum absolute atomic E-state index is 0.00305. The zero-order valence-electron chi connectivity index (χ0n) is 20.0. The first-order valence-electron chi connectivity index (χ1n) is 10.6. The smallest absolute Gasteiger partial charge is 0.425 e. The summed E-state index contributed by atoms with van der Waals surface area (Å²) >= 11 is 6.16. The van der Waals surface area contributed by atoms with Crippen LogP contribution in [0, 0.1) is 12.7 Å². The molecule has 0 fully saturated rings. The summed E-state index contributed by atoms with van der Waals surface area (Å²) in [5, 5.41) is 4.25. The number of benzene rings is 1. The first-order chi connectivity index (χ1) is 17.2. The van der Waals surface area contributed by atoms with Gasteiger partial charge in [-0.3, -0.25) is 4.79 Å². The molecular weight excluding hydrogens is 534 g/mol. The van der Waals surface area contributed by atoms with Crippen molar-refractivity contribution >= 4 is 34.9 Å². The van der Waals surface area contributed by atoms with E-state index in [1.807, 2.05) is 5.32 Å². The van der Waals surface area contributed by atoms with Crippen LogP contribution in [-0.2, 0) is 0 Å². The maximum Gasteiger partial charge on any atom is 0.425 e. The van der Waals surface area contributed by atoms with Crippen LogP contribution in [0.4, 0.5) is 42.5 Å². The van der Waals surface area contributed by atoms with Crippen LogP contribution in [0.2, 0.25) is 5.02 Å². The molecular formula is C22H23ClF6N4O4. The Morgan fingerprint density at radius 1 is 1.22 bits per heavy atom. The molecule has 0 aliphatic heterocycles. The molecule has 204 valence electrons. The third-order valence-electron chi connectivity index (χ3n) is 4.96. The highest BCUT2D eigenvalue weighted by atomic mass is 35.5. The Bertz CT molecular complexity index is 1150. The van der Waals surface area contributed by atoms with Crippen molar-refractivity contribution in [3.05, 3.63) is 40.3 Å². The molecule has 37 heavy (non-hydrogen) atoms. The van der Waals surface area contributed by atoms with Crippen LogP contribution in [0.25, 0.3) is 0 Å². The van der Waals surface area contributed by atoms with Crippen LogP contribution >= 0.6 is 11.6 Å². The van der Waals surface area contributed by atoms with Crippen molar-refractivity contribution < 1.29 is 45.4 Å². The molecule has 2 N–H and O–H groups in total. The van der Waals surface area contributed by atoms with Crippen molar-refractivity contribution in [1.82, 2.24) is 9.88 Å². The monoisotopic (exact) mass is 556 g/mol. The Balaban J connectivity index is 2.50. The number of nitrogens with one attached hydrogen (secondary N) is 2. The lowest BCUT2D eigenvalue weighted by molar-refractivity contribution is -0.189. The zero-order valence-corrected chi connectivity index (χ0v) is 20.7. The van der Waals surface area contributed by atoms with Gasteiger partial charge < -0.3 is 25.0 Å². The third kappa shape index (κ3) is 7.54. The number of carbonyl (C=O) groups excluding carboxylic acids is 2. The van der Waals surface area contributed by atoms with Crippen LogP contribution < -0.4 is 20.1 Å². The van der Waals surface area contributed by atoms with Gasteiger partial charge in [-0.1, -0.05) is 11.6 Å². The van der Waals surface area contributed by atoms with Gasteiger partial charge in [0, 0.05) is 18.8 Å². The van der Waals surface area contributed by atoms with E-state index in [0.29, 0.717) is 29.5 Å². The Morgan fingerprint density at radius 3 is 2.41 bits per heavy atom. The van der Waals surface area contributed by atoms with Gasteiger partial charge in [0.2, 0.25) is 5.88 Å². The summed E-state index contributed by atoms with van der Waals surface area (Å²) in [6.45, 7) is 2.44. The van der Waals surface area contributed by atoms with Crippen LogP contribution in [0.15, 0.2) is 18.3 Å². The molecule has 1 aromatic heterocycles. The molecule has 0 radical (unpaired) electrons. The Morgan fingerprint density at radius 2 is 1.86 bits per heavy atom. The summed E-state index contributed by atoms with van der Waals surface area (Å²) in [4.78, 5) is 29.9. The fourth-order valence-corrected chi connectivity index (χ4v) is 3.25. The van der Waals surface area contributed by atoms with Crippen molar-refractivity contribution in [3.63, 3.8) is 0 Å². The van der Waals surface area contributed by atoms with Gasteiger partial charge in [-0.15, -0.1) is 0 Å². The lowest BCUT2D eigenvalue weighted by atomic mass is 10.1. The second kappa shape index (κ2) is 12.2. The lowest BCUT2D eigenvalue weighted by Gasteiger charge is -2.23. The third-order valence-corrected chi connectivity index (χ3v) is 5.31. The van der Waals surface area contributed by atoms with Crippen LogP contribution in [0.3, 0.4) is 0 Å². The van der Waals surface area contributed by atoms with Crippen LogP contribution in [0.5, 0.6) is 11.6 Å². The highest BCUT2D eigenvalue weighted by Gasteiger charge is 2.39. The number of carbonyl (C=O) groups is 2. The second-order valence-electron chi connectivity index (χ2n) is 7.58. The van der Waals surface area contributed by atoms with Gasteiger partial charge in [-0.2, -0.15) is 13.2 Å². The molecule has 1 unspecified atom stereocenters. The standard InChI is InChI=1S/C22H23ClF6N4O4/c1-5-33(9-16(25)26)21(35)31-14-7-15(37-11(3)22(27,28)29)12(6-13(14)24)19(34)32-18-10(2)8-30-20(36-4)17(18)23/h6-8,11,16H,5,9H2,1-4H3,(H,31,35)(H,30,32,34). The molecule has 0 aliphatic carbocycles. The number of rotatable bonds is 9. The molecule has 0 aliphatic rings. The molecule has 2 rings (SSSR count). The van der Waals surface area contributed by atoms with E-state index in [9.17, 15) is 35.9 Å². The highest BCUT2D eigenvalue weighted by Crippen LogP contribution is 2.35. The van der Waals surface area contributed by atoms with Gasteiger partial charge in [0.15, 0.2) is 6.10 Å². The van der Waals surface area contributed by atoms with E-state index >= 15 is 0 Å². The molecule has 1 aromatic carbocycles. The predicted molar refractivity (Wildman–Crippen MR) is 123 cm³/mol. The fourth-order valence-electron chi connectivity index (χ4n) is 2.93. The number of aromatic nitrogens is 1. The average molecular weight is 557 g/mol. The Kier molecular flexibility index (Phi) is 9.84. The summed E-state index contributed by atoms with van der Waals surface area (Å²) < 4.78 is 89.7. The Labute approximate surface area is 212 Å². The van der Waals surface area contributed by atoms with E-state index < -0.39 is 60.0 Å². The minimum Gasteiger partial charge on any atom is -0.480 e. The average Bonchev–Trinajstić information content (AvgIpc) is 2.81. The SMILES string of the molecule is CCN(CC(F)F)C(=O)Nc1cc(OC(C)C(F)(F)F)c(C(=O)Nc2c(C)cnc(OC)c2Cl)cc1F. The second-order valence-corrected chi connectivity index (χ2v) is 7.96. The number of amides is 3. The highest BCUT2D eigenvalue weighted by molar-refractivity contribution is 6.35. The molecule has 2 aromatic rings. The summed E-state index contributed by atoms with van der Waals surface area (Å²) in [5.74, 6) is -3.15. The van der Waals surface area contributed by atoms with E-state index in [-0.39, 0.29) is 23.1 Å². The number of halogens is 7. The van der Waals surface area contributed by atoms with Crippen LogP contribution in [0.1, 0.15) is 29.8 Å². The number of nitrogens with zero attached hydrogens (tertiary/aromatic N) is 2. The first kappa shape index (κ1) is 29.8. The first-order valence-corrected chi connectivity index (χ1v) is 11.0. The zero-order chi connectivity index (χ0) is 28.1. The van der Waals surface area contributed by atoms with Crippen molar-refractivity contribution in [3.8, 4) is 11.6 Å². The number of urea groups is 1. The van der Waals surface area contributed by atoms with E-state index in [1.165, 1.54) is 27.2 Å². The summed E-state index contributed by atoms with van der Waals surface area (Å²) in [7, 11) is 1.27. The van der Waals surface area contributed by atoms with Gasteiger partial charge in [0.25, 0.3) is 12.3 Å². The lowest BCUT2D eigenvalue weighted by Crippen LogP contribution is -2.38.